The Morgan fingerprint density at radius 2 is 2.26 bits per heavy atom. The molecule has 1 aromatic rings. The van der Waals surface area contributed by atoms with Crippen molar-refractivity contribution in [1.29, 1.82) is 0 Å². The van der Waals surface area contributed by atoms with E-state index < -0.39 is 0 Å². The van der Waals surface area contributed by atoms with E-state index in [9.17, 15) is 4.79 Å². The summed E-state index contributed by atoms with van der Waals surface area (Å²) in [6.45, 7) is 4.97. The standard InChI is InChI=1S/C14H20ClN3O/c1-3-7-16-12-8-10(11(15)9-17-12)13(19)18-14(2)5-4-6-14/h8-9H,3-7H2,1-2H3,(H,16,17)(H,18,19). The number of hydrogen-bond acceptors (Lipinski definition) is 3. The maximum Gasteiger partial charge on any atom is 0.253 e. The molecular weight excluding hydrogens is 262 g/mol. The summed E-state index contributed by atoms with van der Waals surface area (Å²) < 4.78 is 0. The number of nitrogens with one attached hydrogen (secondary N) is 2. The number of hydrogen-bond donors (Lipinski definition) is 2. The molecule has 0 bridgehead atoms. The first-order chi connectivity index (χ1) is 9.04. The highest BCUT2D eigenvalue weighted by atomic mass is 35.5. The fraction of sp³-hybridized carbons (Fsp3) is 0.571. The molecule has 5 heteroatoms. The van der Waals surface area contributed by atoms with Crippen molar-refractivity contribution in [2.24, 2.45) is 0 Å². The third kappa shape index (κ3) is 3.38. The number of halogens is 1. The van der Waals surface area contributed by atoms with E-state index in [2.05, 4.69) is 29.5 Å². The van der Waals surface area contributed by atoms with Gasteiger partial charge in [0.25, 0.3) is 5.91 Å². The van der Waals surface area contributed by atoms with Gasteiger partial charge in [0, 0.05) is 18.3 Å². The highest BCUT2D eigenvalue weighted by molar-refractivity contribution is 6.33. The molecular formula is C14H20ClN3O. The van der Waals surface area contributed by atoms with Gasteiger partial charge in [0.15, 0.2) is 0 Å². The number of carbonyl (C=O) groups excluding carboxylic acids is 1. The predicted octanol–water partition coefficient (Wildman–Crippen LogP) is 3.23. The van der Waals surface area contributed by atoms with Gasteiger partial charge in [-0.1, -0.05) is 18.5 Å². The first kappa shape index (κ1) is 14.1. The second-order valence-corrected chi connectivity index (χ2v) is 5.75. The molecule has 2 rings (SSSR count). The molecule has 0 saturated heterocycles. The van der Waals surface area contributed by atoms with Crippen molar-refractivity contribution in [1.82, 2.24) is 10.3 Å². The van der Waals surface area contributed by atoms with Crippen molar-refractivity contribution in [2.45, 2.75) is 45.1 Å². The SMILES string of the molecule is CCCNc1cc(C(=O)NC2(C)CCC2)c(Cl)cn1. The number of carbonyl (C=O) groups is 1. The largest absolute Gasteiger partial charge is 0.370 e. The number of aromatic nitrogens is 1. The zero-order chi connectivity index (χ0) is 13.9. The highest BCUT2D eigenvalue weighted by Crippen LogP contribution is 2.31. The Balaban J connectivity index is 2.10. The van der Waals surface area contributed by atoms with Crippen LogP contribution in [0.3, 0.4) is 0 Å². The van der Waals surface area contributed by atoms with E-state index in [4.69, 9.17) is 11.6 Å². The first-order valence-corrected chi connectivity index (χ1v) is 7.14. The van der Waals surface area contributed by atoms with Crippen LogP contribution in [0.2, 0.25) is 5.02 Å². The average molecular weight is 282 g/mol. The van der Waals surface area contributed by atoms with Crippen LogP contribution in [-0.4, -0.2) is 23.0 Å². The fourth-order valence-corrected chi connectivity index (χ4v) is 2.33. The molecule has 1 aliphatic rings. The Hall–Kier alpha value is -1.29. The molecule has 0 spiro atoms. The van der Waals surface area contributed by atoms with Gasteiger partial charge in [-0.3, -0.25) is 4.79 Å². The smallest absolute Gasteiger partial charge is 0.253 e. The minimum Gasteiger partial charge on any atom is -0.370 e. The molecule has 2 N–H and O–H groups in total. The van der Waals surface area contributed by atoms with Crippen LogP contribution in [0.1, 0.15) is 49.9 Å². The molecule has 0 radical (unpaired) electrons. The number of pyridine rings is 1. The molecule has 1 fully saturated rings. The molecule has 0 aromatic carbocycles. The van der Waals surface area contributed by atoms with Crippen molar-refractivity contribution < 1.29 is 4.79 Å². The third-order valence-electron chi connectivity index (χ3n) is 3.53. The Kier molecular flexibility index (Phi) is 4.30. The Bertz CT molecular complexity index is 472. The Labute approximate surface area is 118 Å². The molecule has 1 amide bonds. The molecule has 19 heavy (non-hydrogen) atoms. The second kappa shape index (κ2) is 5.78. The van der Waals surface area contributed by atoms with Crippen LogP contribution >= 0.6 is 11.6 Å². The molecule has 0 atom stereocenters. The number of nitrogens with zero attached hydrogens (tertiary/aromatic N) is 1. The number of amides is 1. The van der Waals surface area contributed by atoms with Gasteiger partial charge in [0.2, 0.25) is 0 Å². The Morgan fingerprint density at radius 1 is 1.53 bits per heavy atom. The van der Waals surface area contributed by atoms with E-state index >= 15 is 0 Å². The molecule has 1 saturated carbocycles. The average Bonchev–Trinajstić information content (AvgIpc) is 2.35. The van der Waals surface area contributed by atoms with Gasteiger partial charge in [-0.2, -0.15) is 0 Å². The molecule has 0 aliphatic heterocycles. The van der Waals surface area contributed by atoms with Gasteiger partial charge >= 0.3 is 0 Å². The van der Waals surface area contributed by atoms with Crippen molar-refractivity contribution >= 4 is 23.3 Å². The van der Waals surface area contributed by atoms with Gasteiger partial charge in [-0.25, -0.2) is 4.98 Å². The summed E-state index contributed by atoms with van der Waals surface area (Å²) in [5, 5.41) is 6.60. The van der Waals surface area contributed by atoms with Crippen LogP contribution < -0.4 is 10.6 Å². The molecule has 4 nitrogen and oxygen atoms in total. The number of anilines is 1. The zero-order valence-electron chi connectivity index (χ0n) is 11.4. The van der Waals surface area contributed by atoms with E-state index in [1.54, 1.807) is 6.07 Å². The minimum absolute atomic E-state index is 0.0688. The second-order valence-electron chi connectivity index (χ2n) is 5.34. The molecule has 1 aliphatic carbocycles. The van der Waals surface area contributed by atoms with Gasteiger partial charge in [-0.05, 0) is 38.7 Å². The molecule has 104 valence electrons. The predicted molar refractivity (Wildman–Crippen MR) is 77.7 cm³/mol. The normalized spacial score (nSPS) is 16.6. The monoisotopic (exact) mass is 281 g/mol. The van der Waals surface area contributed by atoms with Crippen LogP contribution in [0.15, 0.2) is 12.3 Å². The van der Waals surface area contributed by atoms with Gasteiger partial charge in [0.05, 0.1) is 10.6 Å². The van der Waals surface area contributed by atoms with Crippen molar-refractivity contribution in [3.05, 3.63) is 22.8 Å². The molecule has 1 heterocycles. The topological polar surface area (TPSA) is 54.0 Å². The minimum atomic E-state index is -0.117. The quantitative estimate of drug-likeness (QED) is 0.871. The summed E-state index contributed by atoms with van der Waals surface area (Å²) in [5.74, 6) is 0.573. The van der Waals surface area contributed by atoms with Crippen molar-refractivity contribution in [3.63, 3.8) is 0 Å². The van der Waals surface area contributed by atoms with Gasteiger partial charge in [0.1, 0.15) is 5.82 Å². The van der Waals surface area contributed by atoms with Crippen molar-refractivity contribution in [3.8, 4) is 0 Å². The lowest BCUT2D eigenvalue weighted by atomic mass is 9.78. The summed E-state index contributed by atoms with van der Waals surface area (Å²) in [6, 6.07) is 1.72. The number of rotatable bonds is 5. The van der Waals surface area contributed by atoms with Crippen LogP contribution in [0.25, 0.3) is 0 Å². The maximum atomic E-state index is 12.2. The Morgan fingerprint density at radius 3 is 2.84 bits per heavy atom. The van der Waals surface area contributed by atoms with E-state index in [0.717, 1.165) is 25.8 Å². The van der Waals surface area contributed by atoms with E-state index in [1.165, 1.54) is 12.6 Å². The van der Waals surface area contributed by atoms with Gasteiger partial charge in [-0.15, -0.1) is 0 Å². The first-order valence-electron chi connectivity index (χ1n) is 6.76. The lowest BCUT2D eigenvalue weighted by Gasteiger charge is -2.39. The van der Waals surface area contributed by atoms with E-state index in [0.29, 0.717) is 16.4 Å². The van der Waals surface area contributed by atoms with Crippen LogP contribution in [0.4, 0.5) is 5.82 Å². The van der Waals surface area contributed by atoms with Crippen LogP contribution in [-0.2, 0) is 0 Å². The van der Waals surface area contributed by atoms with E-state index in [1.807, 2.05) is 0 Å². The molecule has 0 unspecified atom stereocenters. The summed E-state index contributed by atoms with van der Waals surface area (Å²) >= 11 is 6.06. The maximum absolute atomic E-state index is 12.2. The summed E-state index contributed by atoms with van der Waals surface area (Å²) in [4.78, 5) is 16.4. The van der Waals surface area contributed by atoms with Crippen LogP contribution in [0, 0.1) is 0 Å². The van der Waals surface area contributed by atoms with Gasteiger partial charge < -0.3 is 10.6 Å². The summed E-state index contributed by atoms with van der Waals surface area (Å²) in [7, 11) is 0. The fourth-order valence-electron chi connectivity index (χ4n) is 2.14. The zero-order valence-corrected chi connectivity index (χ0v) is 12.2. The highest BCUT2D eigenvalue weighted by Gasteiger charge is 2.33. The lowest BCUT2D eigenvalue weighted by Crippen LogP contribution is -2.51. The van der Waals surface area contributed by atoms with Crippen LogP contribution in [0.5, 0.6) is 0 Å². The van der Waals surface area contributed by atoms with E-state index in [-0.39, 0.29) is 11.4 Å². The van der Waals surface area contributed by atoms with Crippen molar-refractivity contribution in [2.75, 3.05) is 11.9 Å². The summed E-state index contributed by atoms with van der Waals surface area (Å²) in [5.41, 5.74) is 0.420. The summed E-state index contributed by atoms with van der Waals surface area (Å²) in [6.07, 6.45) is 5.76. The third-order valence-corrected chi connectivity index (χ3v) is 3.83. The lowest BCUT2D eigenvalue weighted by molar-refractivity contribution is 0.0850. The molecule has 1 aromatic heterocycles.